The molecule has 1 aromatic heterocycles. The van der Waals surface area contributed by atoms with Crippen molar-refractivity contribution in [3.63, 3.8) is 0 Å². The van der Waals surface area contributed by atoms with Gasteiger partial charge in [-0.05, 0) is 13.0 Å². The molecule has 1 unspecified atom stereocenters. The van der Waals surface area contributed by atoms with Crippen LogP contribution in [-0.4, -0.2) is 23.1 Å². The summed E-state index contributed by atoms with van der Waals surface area (Å²) in [4.78, 5) is 9.96. The van der Waals surface area contributed by atoms with Gasteiger partial charge in [0.15, 0.2) is 0 Å². The highest BCUT2D eigenvalue weighted by Gasteiger charge is 2.11. The van der Waals surface area contributed by atoms with E-state index in [2.05, 4.69) is 16.0 Å². The molecule has 0 aliphatic heterocycles. The third-order valence-electron chi connectivity index (χ3n) is 2.03. The van der Waals surface area contributed by atoms with Gasteiger partial charge in [0.2, 0.25) is 5.95 Å². The molecule has 0 aliphatic carbocycles. The topological polar surface area (TPSA) is 78.8 Å². The molecule has 0 saturated carbocycles. The van der Waals surface area contributed by atoms with Gasteiger partial charge in [0, 0.05) is 19.3 Å². The number of nitrogens with zero attached hydrogens (tertiary/aromatic N) is 4. The van der Waals surface area contributed by atoms with Crippen molar-refractivity contribution in [2.45, 2.75) is 19.4 Å². The first-order valence-electron chi connectivity index (χ1n) is 4.33. The standard InChI is InChI=1S/C9H13N5/c1-7(3-5-10)14(2)9-12-6-4-8(11)13-9/h4,6-7H,3H2,1-2H3,(H2,11,12,13). The molecule has 74 valence electrons. The second-order valence-corrected chi connectivity index (χ2v) is 3.10. The Kier molecular flexibility index (Phi) is 3.24. The lowest BCUT2D eigenvalue weighted by molar-refractivity contribution is 0.684. The van der Waals surface area contributed by atoms with E-state index < -0.39 is 0 Å². The minimum Gasteiger partial charge on any atom is -0.384 e. The van der Waals surface area contributed by atoms with Crippen LogP contribution in [0.2, 0.25) is 0 Å². The van der Waals surface area contributed by atoms with E-state index in [1.165, 1.54) is 0 Å². The van der Waals surface area contributed by atoms with Gasteiger partial charge in [-0.1, -0.05) is 0 Å². The highest BCUT2D eigenvalue weighted by molar-refractivity contribution is 5.37. The summed E-state index contributed by atoms with van der Waals surface area (Å²) < 4.78 is 0. The van der Waals surface area contributed by atoms with Gasteiger partial charge in [-0.15, -0.1) is 0 Å². The molecule has 1 atom stereocenters. The summed E-state index contributed by atoms with van der Waals surface area (Å²) in [5.41, 5.74) is 5.53. The zero-order valence-electron chi connectivity index (χ0n) is 8.31. The van der Waals surface area contributed by atoms with Gasteiger partial charge in [-0.25, -0.2) is 4.98 Å². The lowest BCUT2D eigenvalue weighted by Gasteiger charge is -2.22. The first-order chi connectivity index (χ1) is 6.65. The highest BCUT2D eigenvalue weighted by Crippen LogP contribution is 2.11. The van der Waals surface area contributed by atoms with Crippen molar-refractivity contribution >= 4 is 11.8 Å². The summed E-state index contributed by atoms with van der Waals surface area (Å²) in [6.45, 7) is 1.94. The molecular weight excluding hydrogens is 178 g/mol. The Morgan fingerprint density at radius 3 is 3.00 bits per heavy atom. The van der Waals surface area contributed by atoms with E-state index in [-0.39, 0.29) is 6.04 Å². The van der Waals surface area contributed by atoms with Gasteiger partial charge < -0.3 is 10.6 Å². The fraction of sp³-hybridized carbons (Fsp3) is 0.444. The van der Waals surface area contributed by atoms with Gasteiger partial charge in [-0.2, -0.15) is 10.2 Å². The Morgan fingerprint density at radius 2 is 2.43 bits per heavy atom. The van der Waals surface area contributed by atoms with Gasteiger partial charge >= 0.3 is 0 Å². The molecule has 5 nitrogen and oxygen atoms in total. The predicted octanol–water partition coefficient (Wildman–Crippen LogP) is 0.797. The smallest absolute Gasteiger partial charge is 0.227 e. The van der Waals surface area contributed by atoms with E-state index in [9.17, 15) is 0 Å². The van der Waals surface area contributed by atoms with Crippen molar-refractivity contribution in [2.24, 2.45) is 0 Å². The van der Waals surface area contributed by atoms with Crippen molar-refractivity contribution in [3.05, 3.63) is 12.3 Å². The summed E-state index contributed by atoms with van der Waals surface area (Å²) in [6.07, 6.45) is 2.04. The number of aromatic nitrogens is 2. The van der Waals surface area contributed by atoms with Crippen molar-refractivity contribution in [2.75, 3.05) is 17.7 Å². The Hall–Kier alpha value is -1.83. The molecule has 0 spiro atoms. The van der Waals surface area contributed by atoms with E-state index in [0.717, 1.165) is 0 Å². The van der Waals surface area contributed by atoms with E-state index in [1.807, 2.05) is 18.9 Å². The normalized spacial score (nSPS) is 11.8. The van der Waals surface area contributed by atoms with Crippen molar-refractivity contribution in [1.29, 1.82) is 5.26 Å². The Labute approximate surface area is 83.2 Å². The minimum absolute atomic E-state index is 0.0850. The van der Waals surface area contributed by atoms with Crippen molar-refractivity contribution < 1.29 is 0 Å². The molecule has 0 bridgehead atoms. The zero-order valence-corrected chi connectivity index (χ0v) is 8.31. The van der Waals surface area contributed by atoms with Crippen molar-refractivity contribution in [1.82, 2.24) is 9.97 Å². The average molecular weight is 191 g/mol. The van der Waals surface area contributed by atoms with Crippen LogP contribution in [0.25, 0.3) is 0 Å². The molecule has 0 amide bonds. The average Bonchev–Trinajstić information content (AvgIpc) is 2.17. The zero-order chi connectivity index (χ0) is 10.6. The van der Waals surface area contributed by atoms with Crippen LogP contribution in [-0.2, 0) is 0 Å². The lowest BCUT2D eigenvalue weighted by Crippen LogP contribution is -2.30. The first-order valence-corrected chi connectivity index (χ1v) is 4.33. The SMILES string of the molecule is CC(CC#N)N(C)c1nccc(N)n1. The number of nitrogens with two attached hydrogens (primary N) is 1. The van der Waals surface area contributed by atoms with Crippen LogP contribution in [0, 0.1) is 11.3 Å². The molecular formula is C9H13N5. The first kappa shape index (κ1) is 10.3. The van der Waals surface area contributed by atoms with E-state index >= 15 is 0 Å². The number of rotatable bonds is 3. The quantitative estimate of drug-likeness (QED) is 0.764. The number of anilines is 2. The molecule has 0 aromatic carbocycles. The molecule has 5 heteroatoms. The molecule has 0 fully saturated rings. The van der Waals surface area contributed by atoms with Gasteiger partial charge in [-0.3, -0.25) is 0 Å². The molecule has 1 heterocycles. The molecule has 0 aliphatic rings. The largest absolute Gasteiger partial charge is 0.384 e. The maximum absolute atomic E-state index is 8.54. The highest BCUT2D eigenvalue weighted by atomic mass is 15.3. The summed E-state index contributed by atoms with van der Waals surface area (Å²) >= 11 is 0. The molecule has 2 N–H and O–H groups in total. The van der Waals surface area contributed by atoms with Crippen LogP contribution < -0.4 is 10.6 Å². The number of nitrogen functional groups attached to an aromatic ring is 1. The number of nitriles is 1. The van der Waals surface area contributed by atoms with Crippen LogP contribution in [0.5, 0.6) is 0 Å². The van der Waals surface area contributed by atoms with Crippen LogP contribution in [0.1, 0.15) is 13.3 Å². The predicted molar refractivity (Wildman–Crippen MR) is 54.5 cm³/mol. The van der Waals surface area contributed by atoms with Gasteiger partial charge in [0.1, 0.15) is 5.82 Å². The Bertz CT molecular complexity index is 343. The second kappa shape index (κ2) is 4.42. The third-order valence-corrected chi connectivity index (χ3v) is 2.03. The maximum atomic E-state index is 8.54. The Balaban J connectivity index is 2.79. The number of hydrogen-bond acceptors (Lipinski definition) is 5. The third kappa shape index (κ3) is 2.33. The minimum atomic E-state index is 0.0850. The van der Waals surface area contributed by atoms with E-state index in [4.69, 9.17) is 11.0 Å². The second-order valence-electron chi connectivity index (χ2n) is 3.10. The molecule has 14 heavy (non-hydrogen) atoms. The van der Waals surface area contributed by atoms with Crippen molar-refractivity contribution in [3.8, 4) is 6.07 Å². The van der Waals surface area contributed by atoms with Crippen LogP contribution in [0.3, 0.4) is 0 Å². The molecule has 1 rings (SSSR count). The van der Waals surface area contributed by atoms with E-state index in [1.54, 1.807) is 12.3 Å². The number of hydrogen-bond donors (Lipinski definition) is 1. The Morgan fingerprint density at radius 1 is 1.71 bits per heavy atom. The molecule has 1 aromatic rings. The lowest BCUT2D eigenvalue weighted by atomic mass is 10.2. The van der Waals surface area contributed by atoms with Gasteiger partial charge in [0.25, 0.3) is 0 Å². The van der Waals surface area contributed by atoms with Crippen LogP contribution in [0.4, 0.5) is 11.8 Å². The van der Waals surface area contributed by atoms with Crippen LogP contribution in [0.15, 0.2) is 12.3 Å². The maximum Gasteiger partial charge on any atom is 0.227 e. The summed E-state index contributed by atoms with van der Waals surface area (Å²) in [5.74, 6) is 0.985. The summed E-state index contributed by atoms with van der Waals surface area (Å²) in [5, 5.41) is 8.54. The monoisotopic (exact) mass is 191 g/mol. The fourth-order valence-electron chi connectivity index (χ4n) is 0.998. The summed E-state index contributed by atoms with van der Waals surface area (Å²) in [6, 6.07) is 3.82. The summed E-state index contributed by atoms with van der Waals surface area (Å²) in [7, 11) is 1.84. The molecule has 0 saturated heterocycles. The fourth-order valence-corrected chi connectivity index (χ4v) is 0.998. The van der Waals surface area contributed by atoms with E-state index in [0.29, 0.717) is 18.2 Å². The van der Waals surface area contributed by atoms with Crippen LogP contribution >= 0.6 is 0 Å². The molecule has 0 radical (unpaired) electrons. The van der Waals surface area contributed by atoms with Gasteiger partial charge in [0.05, 0.1) is 12.5 Å².